The second-order valence-electron chi connectivity index (χ2n) is 3.45. The van der Waals surface area contributed by atoms with E-state index in [-0.39, 0.29) is 11.9 Å². The van der Waals surface area contributed by atoms with Gasteiger partial charge in [0.1, 0.15) is 5.82 Å². The number of hydrogen-bond donors (Lipinski definition) is 1. The van der Waals surface area contributed by atoms with Crippen molar-refractivity contribution in [2.75, 3.05) is 6.54 Å². The Morgan fingerprint density at radius 2 is 2.31 bits per heavy atom. The van der Waals surface area contributed by atoms with Gasteiger partial charge in [-0.25, -0.2) is 4.39 Å². The molecule has 0 radical (unpaired) electrons. The zero-order valence-corrected chi connectivity index (χ0v) is 8.98. The van der Waals surface area contributed by atoms with Crippen LogP contribution in [-0.2, 0) is 0 Å². The van der Waals surface area contributed by atoms with Crippen molar-refractivity contribution >= 4 is 0 Å². The monoisotopic (exact) mass is 220 g/mol. The lowest BCUT2D eigenvalue weighted by Crippen LogP contribution is -2.22. The average Bonchev–Trinajstić information content (AvgIpc) is 2.81. The van der Waals surface area contributed by atoms with E-state index in [1.54, 1.807) is 18.6 Å². The number of hydrogen-bond acceptors (Lipinski definition) is 3. The molecule has 0 aliphatic carbocycles. The van der Waals surface area contributed by atoms with Crippen LogP contribution in [0, 0.1) is 5.82 Å². The minimum Gasteiger partial charge on any atom is -0.472 e. The summed E-state index contributed by atoms with van der Waals surface area (Å²) in [7, 11) is 0. The Kier molecular flexibility index (Phi) is 3.31. The number of aromatic nitrogens is 1. The van der Waals surface area contributed by atoms with Crippen LogP contribution in [0.25, 0.3) is 0 Å². The molecule has 0 spiro atoms. The summed E-state index contributed by atoms with van der Waals surface area (Å²) >= 11 is 0. The predicted octanol–water partition coefficient (Wildman–Crippen LogP) is 2.51. The summed E-state index contributed by atoms with van der Waals surface area (Å²) in [5.41, 5.74) is 1.77. The van der Waals surface area contributed by atoms with Gasteiger partial charge in [0.2, 0.25) is 0 Å². The number of nitrogens with zero attached hydrogens (tertiary/aromatic N) is 1. The first-order valence-electron chi connectivity index (χ1n) is 5.18. The van der Waals surface area contributed by atoms with Gasteiger partial charge in [0, 0.05) is 5.56 Å². The molecule has 84 valence electrons. The molecule has 0 saturated heterocycles. The van der Waals surface area contributed by atoms with E-state index in [1.807, 2.05) is 13.0 Å². The third kappa shape index (κ3) is 2.28. The zero-order valence-electron chi connectivity index (χ0n) is 8.98. The molecule has 0 aromatic carbocycles. The highest BCUT2D eigenvalue weighted by atomic mass is 19.1. The molecule has 2 aromatic rings. The Balaban J connectivity index is 2.29. The number of pyridine rings is 1. The van der Waals surface area contributed by atoms with E-state index in [4.69, 9.17) is 4.42 Å². The molecule has 0 aliphatic rings. The normalized spacial score (nSPS) is 12.6. The quantitative estimate of drug-likeness (QED) is 0.860. The summed E-state index contributed by atoms with van der Waals surface area (Å²) < 4.78 is 17.8. The van der Waals surface area contributed by atoms with E-state index in [0.29, 0.717) is 0 Å². The minimum absolute atomic E-state index is 0.0515. The highest BCUT2D eigenvalue weighted by molar-refractivity contribution is 5.24. The molecule has 1 unspecified atom stereocenters. The van der Waals surface area contributed by atoms with Crippen LogP contribution in [0.1, 0.15) is 24.2 Å². The molecule has 3 nitrogen and oxygen atoms in total. The molecule has 4 heteroatoms. The number of furan rings is 1. The number of nitrogens with one attached hydrogen (secondary N) is 1. The molecular weight excluding hydrogens is 207 g/mol. The molecule has 1 N–H and O–H groups in total. The maximum atomic E-state index is 12.8. The van der Waals surface area contributed by atoms with Crippen molar-refractivity contribution in [2.45, 2.75) is 13.0 Å². The van der Waals surface area contributed by atoms with Crippen molar-refractivity contribution in [1.82, 2.24) is 10.3 Å². The van der Waals surface area contributed by atoms with Crippen LogP contribution >= 0.6 is 0 Å². The maximum Gasteiger partial charge on any atom is 0.141 e. The molecule has 0 aliphatic heterocycles. The van der Waals surface area contributed by atoms with Gasteiger partial charge in [-0.3, -0.25) is 4.98 Å². The van der Waals surface area contributed by atoms with Crippen molar-refractivity contribution < 1.29 is 8.81 Å². The van der Waals surface area contributed by atoms with Crippen molar-refractivity contribution in [2.24, 2.45) is 0 Å². The van der Waals surface area contributed by atoms with E-state index in [1.165, 1.54) is 12.3 Å². The predicted molar refractivity (Wildman–Crippen MR) is 58.4 cm³/mol. The molecule has 2 rings (SSSR count). The second kappa shape index (κ2) is 4.90. The van der Waals surface area contributed by atoms with Gasteiger partial charge in [0.25, 0.3) is 0 Å². The van der Waals surface area contributed by atoms with E-state index in [2.05, 4.69) is 10.3 Å². The Bertz CT molecular complexity index is 425. The second-order valence-corrected chi connectivity index (χ2v) is 3.45. The smallest absolute Gasteiger partial charge is 0.141 e. The topological polar surface area (TPSA) is 38.1 Å². The summed E-state index contributed by atoms with van der Waals surface area (Å²) in [6.45, 7) is 2.81. The van der Waals surface area contributed by atoms with Crippen molar-refractivity contribution in [3.05, 3.63) is 54.0 Å². The third-order valence-electron chi connectivity index (χ3n) is 2.33. The maximum absolute atomic E-state index is 12.8. The van der Waals surface area contributed by atoms with Gasteiger partial charge in [-0.05, 0) is 24.7 Å². The molecule has 0 amide bonds. The number of rotatable bonds is 4. The van der Waals surface area contributed by atoms with E-state index >= 15 is 0 Å². The standard InChI is InChI=1S/C12H13FN2O/c1-2-14-12(9-5-6-16-8-9)11-4-3-10(13)7-15-11/h3-8,12,14H,2H2,1H3. The van der Waals surface area contributed by atoms with Gasteiger partial charge in [-0.1, -0.05) is 6.92 Å². The molecular formula is C12H13FN2O. The summed E-state index contributed by atoms with van der Waals surface area (Å²) in [4.78, 5) is 4.07. The van der Waals surface area contributed by atoms with Gasteiger partial charge in [0.15, 0.2) is 0 Å². The largest absolute Gasteiger partial charge is 0.472 e. The van der Waals surface area contributed by atoms with Crippen LogP contribution in [0.5, 0.6) is 0 Å². The van der Waals surface area contributed by atoms with E-state index in [9.17, 15) is 4.39 Å². The fourth-order valence-corrected chi connectivity index (χ4v) is 1.59. The molecule has 1 atom stereocenters. The summed E-state index contributed by atoms with van der Waals surface area (Å²) in [6, 6.07) is 4.91. The van der Waals surface area contributed by atoms with Crippen LogP contribution < -0.4 is 5.32 Å². The lowest BCUT2D eigenvalue weighted by Gasteiger charge is -2.15. The SMILES string of the molecule is CCNC(c1ccoc1)c1ccc(F)cn1. The zero-order chi connectivity index (χ0) is 11.4. The summed E-state index contributed by atoms with van der Waals surface area (Å²) in [5, 5.41) is 3.28. The van der Waals surface area contributed by atoms with Gasteiger partial charge in [-0.2, -0.15) is 0 Å². The average molecular weight is 220 g/mol. The van der Waals surface area contributed by atoms with Crippen LogP contribution in [0.2, 0.25) is 0 Å². The fraction of sp³-hybridized carbons (Fsp3) is 0.250. The Morgan fingerprint density at radius 3 is 2.88 bits per heavy atom. The van der Waals surface area contributed by atoms with Crippen LogP contribution in [0.4, 0.5) is 4.39 Å². The van der Waals surface area contributed by atoms with Crippen LogP contribution in [0.15, 0.2) is 41.3 Å². The van der Waals surface area contributed by atoms with Gasteiger partial charge >= 0.3 is 0 Å². The summed E-state index contributed by atoms with van der Waals surface area (Å²) in [5.74, 6) is -0.328. The molecule has 0 saturated carbocycles. The van der Waals surface area contributed by atoms with Crippen LogP contribution in [0.3, 0.4) is 0 Å². The molecule has 2 heterocycles. The third-order valence-corrected chi connectivity index (χ3v) is 2.33. The summed E-state index contributed by atoms with van der Waals surface area (Å²) in [6.07, 6.45) is 4.50. The Morgan fingerprint density at radius 1 is 1.44 bits per heavy atom. The molecule has 2 aromatic heterocycles. The highest BCUT2D eigenvalue weighted by Gasteiger charge is 2.15. The van der Waals surface area contributed by atoms with Gasteiger partial charge in [-0.15, -0.1) is 0 Å². The Hall–Kier alpha value is -1.68. The van der Waals surface area contributed by atoms with Gasteiger partial charge < -0.3 is 9.73 Å². The first-order chi connectivity index (χ1) is 7.81. The molecule has 0 bridgehead atoms. The van der Waals surface area contributed by atoms with Crippen molar-refractivity contribution in [3.63, 3.8) is 0 Å². The fourth-order valence-electron chi connectivity index (χ4n) is 1.59. The lowest BCUT2D eigenvalue weighted by molar-refractivity contribution is 0.549. The first kappa shape index (κ1) is 10.8. The lowest BCUT2D eigenvalue weighted by atomic mass is 10.1. The van der Waals surface area contributed by atoms with Crippen LogP contribution in [-0.4, -0.2) is 11.5 Å². The van der Waals surface area contributed by atoms with Crippen molar-refractivity contribution in [3.8, 4) is 0 Å². The van der Waals surface area contributed by atoms with E-state index in [0.717, 1.165) is 17.8 Å². The Labute approximate surface area is 93.3 Å². The minimum atomic E-state index is -0.328. The number of halogens is 1. The molecule has 0 fully saturated rings. The highest BCUT2D eigenvalue weighted by Crippen LogP contribution is 2.20. The molecule has 16 heavy (non-hydrogen) atoms. The first-order valence-corrected chi connectivity index (χ1v) is 5.18. The van der Waals surface area contributed by atoms with Crippen molar-refractivity contribution in [1.29, 1.82) is 0 Å². The van der Waals surface area contributed by atoms with E-state index < -0.39 is 0 Å². The van der Waals surface area contributed by atoms with Gasteiger partial charge in [0.05, 0.1) is 30.5 Å².